The van der Waals surface area contributed by atoms with Gasteiger partial charge < -0.3 is 0 Å². The van der Waals surface area contributed by atoms with Crippen LogP contribution in [0, 0.1) is 11.8 Å². The fourth-order valence-corrected chi connectivity index (χ4v) is 34.1. The van der Waals surface area contributed by atoms with Crippen molar-refractivity contribution in [2.75, 3.05) is 0 Å². The molecule has 0 amide bonds. The third-order valence-corrected chi connectivity index (χ3v) is 34.6. The molecule has 0 heterocycles. The average molecular weight is 1160 g/mol. The van der Waals surface area contributed by atoms with Crippen molar-refractivity contribution >= 4 is 52.9 Å². The minimum absolute atomic E-state index is 0. The van der Waals surface area contributed by atoms with Gasteiger partial charge in [-0.15, -0.1) is 0 Å². The molecule has 6 aliphatic rings. The first-order valence-corrected chi connectivity index (χ1v) is 35.0. The summed E-state index contributed by atoms with van der Waals surface area (Å²) < 4.78 is 0. The third-order valence-electron chi connectivity index (χ3n) is 18.9. The van der Waals surface area contributed by atoms with Crippen molar-refractivity contribution in [2.24, 2.45) is 11.8 Å². The Morgan fingerprint density at radius 1 is 0.299 bits per heavy atom. The van der Waals surface area contributed by atoms with E-state index in [1.54, 1.807) is 72.6 Å². The van der Waals surface area contributed by atoms with Gasteiger partial charge in [-0.25, -0.2) is 0 Å². The molecule has 6 fully saturated rings. The Morgan fingerprint density at radius 3 is 0.776 bits per heavy atom. The summed E-state index contributed by atoms with van der Waals surface area (Å²) in [6, 6.07) is 46.7. The maximum absolute atomic E-state index is 2.77. The van der Waals surface area contributed by atoms with Gasteiger partial charge in [0.05, 0.1) is 82.3 Å². The molecule has 6 aliphatic carbocycles. The molecule has 0 spiro atoms. The topological polar surface area (TPSA) is 0 Å². The van der Waals surface area contributed by atoms with Crippen LogP contribution in [0.2, 0.25) is 0 Å². The summed E-state index contributed by atoms with van der Waals surface area (Å²) in [6.45, 7) is 5.55. The van der Waals surface area contributed by atoms with E-state index >= 15 is 0 Å². The van der Waals surface area contributed by atoms with Crippen molar-refractivity contribution in [1.29, 1.82) is 0 Å². The maximum atomic E-state index is 2.77. The summed E-state index contributed by atoms with van der Waals surface area (Å²) in [4.78, 5) is 0. The van der Waals surface area contributed by atoms with Gasteiger partial charge >= 0.3 is 0 Å². The van der Waals surface area contributed by atoms with E-state index in [0.29, 0.717) is 0 Å². The molecule has 6 atom stereocenters. The van der Waals surface area contributed by atoms with E-state index in [1.807, 2.05) is 0 Å². The molecule has 0 bridgehead atoms. The minimum atomic E-state index is -0.747. The molecular formula is C62H92AuP4+4. The van der Waals surface area contributed by atoms with Gasteiger partial charge in [-0.2, -0.15) is 0 Å². The molecule has 4 aromatic rings. The molecule has 367 valence electrons. The number of benzene rings is 4. The van der Waals surface area contributed by atoms with Crippen LogP contribution in [0.15, 0.2) is 121 Å². The standard InChI is InChI=1S/2C31H44P2.Au/c2*1-25(32(26-15-6-2-7-16-26)27-17-8-3-9-18-27)30-23-14-24-31(30)33(28-19-10-4-11-20-28)29-21-12-5-13-22-29;/h2*4-5,10-13,19-22,25-27,30-31H,2-3,6-9,14-18,23-24H2,1H3;/p+4/t2*25-,30?,31?;/m10./s1. The van der Waals surface area contributed by atoms with Crippen molar-refractivity contribution in [3.05, 3.63) is 121 Å². The van der Waals surface area contributed by atoms with Gasteiger partial charge in [0.2, 0.25) is 0 Å². The first kappa shape index (κ1) is 52.7. The van der Waals surface area contributed by atoms with Gasteiger partial charge in [0.25, 0.3) is 0 Å². The van der Waals surface area contributed by atoms with Crippen LogP contribution in [0.3, 0.4) is 0 Å². The summed E-state index contributed by atoms with van der Waals surface area (Å²) in [5.74, 6) is 1.94. The fraction of sp³-hybridized carbons (Fsp3) is 0.613. The van der Waals surface area contributed by atoms with E-state index < -0.39 is 15.8 Å². The Hall–Kier alpha value is -0.660. The molecule has 4 aromatic carbocycles. The number of hydrogen-bond acceptors (Lipinski definition) is 0. The van der Waals surface area contributed by atoms with E-state index in [0.717, 1.165) is 57.1 Å². The molecular weight excluding hydrogens is 1070 g/mol. The molecule has 0 nitrogen and oxygen atoms in total. The molecule has 0 N–H and O–H groups in total. The van der Waals surface area contributed by atoms with Crippen molar-refractivity contribution in [1.82, 2.24) is 0 Å². The maximum Gasteiger partial charge on any atom is 0.0970 e. The van der Waals surface area contributed by atoms with Crippen LogP contribution in [0.25, 0.3) is 0 Å². The van der Waals surface area contributed by atoms with Crippen LogP contribution in [-0.4, -0.2) is 45.3 Å². The first-order valence-electron chi connectivity index (χ1n) is 28.3. The van der Waals surface area contributed by atoms with E-state index in [2.05, 4.69) is 135 Å². The van der Waals surface area contributed by atoms with Gasteiger partial charge in [-0.1, -0.05) is 98.5 Å². The van der Waals surface area contributed by atoms with E-state index in [-0.39, 0.29) is 38.2 Å². The Labute approximate surface area is 431 Å². The molecule has 0 aliphatic heterocycles. The zero-order valence-corrected chi connectivity index (χ0v) is 48.2. The molecule has 0 saturated heterocycles. The van der Waals surface area contributed by atoms with Crippen LogP contribution < -0.4 is 21.2 Å². The molecule has 10 rings (SSSR count). The Bertz CT molecular complexity index is 1680. The van der Waals surface area contributed by atoms with Crippen LogP contribution in [0.1, 0.15) is 181 Å². The SMILES string of the molecule is C[C@@H](C1CCCC1[PH+](c1ccccc1)c1ccccc1)[PH+](C1CCCCC1)C1CCCCC1.C[C@H](C1CCCC1[PH+](c1ccccc1)c1ccccc1)[PH+](C1CCCCC1)C1CCCCC1.[Au]. The molecule has 67 heavy (non-hydrogen) atoms. The van der Waals surface area contributed by atoms with Crippen LogP contribution in [-0.2, 0) is 22.4 Å². The summed E-state index contributed by atoms with van der Waals surface area (Å²) in [5, 5.41) is 6.62. The fourth-order valence-electron chi connectivity index (χ4n) is 15.9. The van der Waals surface area contributed by atoms with Gasteiger partial charge in [-0.3, -0.25) is 0 Å². The third kappa shape index (κ3) is 13.5. The second-order valence-corrected chi connectivity index (χ2v) is 35.1. The monoisotopic (exact) mass is 1160 g/mol. The van der Waals surface area contributed by atoms with Crippen molar-refractivity contribution < 1.29 is 22.4 Å². The normalized spacial score (nSPS) is 25.8. The van der Waals surface area contributed by atoms with Crippen molar-refractivity contribution in [3.63, 3.8) is 0 Å². The van der Waals surface area contributed by atoms with Crippen molar-refractivity contribution in [3.8, 4) is 0 Å². The van der Waals surface area contributed by atoms with Gasteiger partial charge in [0.15, 0.2) is 0 Å². The first-order chi connectivity index (χ1) is 32.7. The van der Waals surface area contributed by atoms with Gasteiger partial charge in [0.1, 0.15) is 0 Å². The molecule has 1 radical (unpaired) electrons. The predicted molar refractivity (Wildman–Crippen MR) is 306 cm³/mol. The quantitative estimate of drug-likeness (QED) is 0.0872. The number of rotatable bonds is 14. The van der Waals surface area contributed by atoms with E-state index in [4.69, 9.17) is 0 Å². The van der Waals surface area contributed by atoms with Crippen molar-refractivity contribution in [2.45, 2.75) is 226 Å². The summed E-state index contributed by atoms with van der Waals surface area (Å²) >= 11 is 0. The summed E-state index contributed by atoms with van der Waals surface area (Å²) in [6.07, 6.45) is 39.7. The summed E-state index contributed by atoms with van der Waals surface area (Å²) in [7, 11) is -2.13. The Kier molecular flexibility index (Phi) is 21.5. The Balaban J connectivity index is 0.000000179. The zero-order chi connectivity index (χ0) is 44.9. The summed E-state index contributed by atoms with van der Waals surface area (Å²) in [5.41, 5.74) is 8.31. The second kappa shape index (κ2) is 27.4. The zero-order valence-electron chi connectivity index (χ0n) is 42.0. The largest absolute Gasteiger partial charge is 0.0970 e. The average Bonchev–Trinajstić information content (AvgIpc) is 4.08. The molecule has 5 heteroatoms. The van der Waals surface area contributed by atoms with Gasteiger partial charge in [-0.05, 0) is 204 Å². The van der Waals surface area contributed by atoms with Crippen LogP contribution >= 0.6 is 31.7 Å². The minimum Gasteiger partial charge on any atom is -0.0620 e. The Morgan fingerprint density at radius 2 is 0.537 bits per heavy atom. The number of hydrogen-bond donors (Lipinski definition) is 0. The second-order valence-electron chi connectivity index (χ2n) is 22.6. The molecule has 4 unspecified atom stereocenters. The van der Waals surface area contributed by atoms with Crippen LogP contribution in [0.5, 0.6) is 0 Å². The predicted octanol–water partition coefficient (Wildman–Crippen LogP) is 16.6. The molecule has 0 aromatic heterocycles. The van der Waals surface area contributed by atoms with Gasteiger partial charge in [0, 0.05) is 50.1 Å². The van der Waals surface area contributed by atoms with E-state index in [9.17, 15) is 0 Å². The van der Waals surface area contributed by atoms with E-state index in [1.165, 1.54) is 116 Å². The van der Waals surface area contributed by atoms with Crippen LogP contribution in [0.4, 0.5) is 0 Å². The smallest absolute Gasteiger partial charge is 0.0620 e. The molecule has 6 saturated carbocycles.